The van der Waals surface area contributed by atoms with Crippen LogP contribution in [0.3, 0.4) is 0 Å². The number of ether oxygens (including phenoxy) is 1. The number of hydrogen-bond donors (Lipinski definition) is 1. The predicted octanol–water partition coefficient (Wildman–Crippen LogP) is 1.06. The van der Waals surface area contributed by atoms with E-state index < -0.39 is 0 Å². The molecule has 0 radical (unpaired) electrons. The molecule has 0 aliphatic carbocycles. The first-order valence-electron chi connectivity index (χ1n) is 6.38. The monoisotopic (exact) mass is 265 g/mol. The molecule has 1 aromatic rings. The first-order chi connectivity index (χ1) is 9.11. The van der Waals surface area contributed by atoms with Crippen LogP contribution in [0.1, 0.15) is 11.1 Å². The zero-order valence-corrected chi connectivity index (χ0v) is 11.0. The summed E-state index contributed by atoms with van der Waals surface area (Å²) in [5.74, 6) is 0. The third-order valence-corrected chi connectivity index (χ3v) is 3.49. The zero-order chi connectivity index (χ0) is 13.8. The molecular formula is C13H19N3O3. The Morgan fingerprint density at radius 2 is 2.37 bits per heavy atom. The largest absolute Gasteiger partial charge is 0.374 e. The molecule has 6 nitrogen and oxygen atoms in total. The van der Waals surface area contributed by atoms with E-state index in [1.165, 1.54) is 0 Å². The summed E-state index contributed by atoms with van der Waals surface area (Å²) in [7, 11) is 0. The molecule has 0 aromatic heterocycles. The van der Waals surface area contributed by atoms with Gasteiger partial charge in [0.1, 0.15) is 0 Å². The Hall–Kier alpha value is -1.50. The van der Waals surface area contributed by atoms with E-state index >= 15 is 0 Å². The lowest BCUT2D eigenvalue weighted by atomic mass is 10.1. The Morgan fingerprint density at radius 1 is 1.58 bits per heavy atom. The highest BCUT2D eigenvalue weighted by Crippen LogP contribution is 2.22. The molecule has 2 rings (SSSR count). The van der Waals surface area contributed by atoms with E-state index in [0.717, 1.165) is 24.2 Å². The molecule has 1 heterocycles. The van der Waals surface area contributed by atoms with Gasteiger partial charge in [-0.2, -0.15) is 0 Å². The van der Waals surface area contributed by atoms with Crippen molar-refractivity contribution in [3.05, 3.63) is 39.4 Å². The van der Waals surface area contributed by atoms with Crippen LogP contribution >= 0.6 is 0 Å². The highest BCUT2D eigenvalue weighted by molar-refractivity contribution is 5.44. The third-order valence-electron chi connectivity index (χ3n) is 3.49. The van der Waals surface area contributed by atoms with Crippen LogP contribution in [0.2, 0.25) is 0 Å². The predicted molar refractivity (Wildman–Crippen MR) is 71.9 cm³/mol. The molecule has 0 amide bonds. The fraction of sp³-hybridized carbons (Fsp3) is 0.538. The molecule has 6 heteroatoms. The van der Waals surface area contributed by atoms with Crippen LogP contribution in [-0.4, -0.2) is 42.2 Å². The van der Waals surface area contributed by atoms with Crippen LogP contribution in [0.5, 0.6) is 0 Å². The van der Waals surface area contributed by atoms with Gasteiger partial charge in [0.05, 0.1) is 17.6 Å². The summed E-state index contributed by atoms with van der Waals surface area (Å²) < 4.78 is 5.51. The molecule has 1 aromatic carbocycles. The van der Waals surface area contributed by atoms with E-state index in [0.29, 0.717) is 19.7 Å². The lowest BCUT2D eigenvalue weighted by Gasteiger charge is -2.32. The van der Waals surface area contributed by atoms with Crippen molar-refractivity contribution in [2.24, 2.45) is 5.73 Å². The first kappa shape index (κ1) is 13.9. The van der Waals surface area contributed by atoms with E-state index in [9.17, 15) is 10.1 Å². The lowest BCUT2D eigenvalue weighted by molar-refractivity contribution is -0.385. The summed E-state index contributed by atoms with van der Waals surface area (Å²) in [6, 6.07) is 5.22. The summed E-state index contributed by atoms with van der Waals surface area (Å²) in [6.07, 6.45) is 0.0627. The van der Waals surface area contributed by atoms with Gasteiger partial charge in [-0.15, -0.1) is 0 Å². The van der Waals surface area contributed by atoms with Crippen molar-refractivity contribution in [3.63, 3.8) is 0 Å². The van der Waals surface area contributed by atoms with Crippen LogP contribution < -0.4 is 5.73 Å². The molecule has 2 N–H and O–H groups in total. The molecule has 0 bridgehead atoms. The van der Waals surface area contributed by atoms with E-state index in [-0.39, 0.29) is 16.7 Å². The molecule has 1 unspecified atom stereocenters. The topological polar surface area (TPSA) is 81.6 Å². The van der Waals surface area contributed by atoms with Crippen LogP contribution in [0.25, 0.3) is 0 Å². The molecular weight excluding hydrogens is 246 g/mol. The minimum atomic E-state index is -0.333. The fourth-order valence-corrected chi connectivity index (χ4v) is 2.35. The minimum Gasteiger partial charge on any atom is -0.374 e. The van der Waals surface area contributed by atoms with Gasteiger partial charge in [-0.1, -0.05) is 12.1 Å². The van der Waals surface area contributed by atoms with Gasteiger partial charge in [-0.25, -0.2) is 0 Å². The van der Waals surface area contributed by atoms with Crippen molar-refractivity contribution >= 4 is 5.69 Å². The lowest BCUT2D eigenvalue weighted by Crippen LogP contribution is -2.45. The summed E-state index contributed by atoms with van der Waals surface area (Å²) in [6.45, 7) is 5.28. The number of nitro groups is 1. The summed E-state index contributed by atoms with van der Waals surface area (Å²) in [5.41, 5.74) is 7.52. The molecule has 0 saturated carbocycles. The highest BCUT2D eigenvalue weighted by Gasteiger charge is 2.21. The average Bonchev–Trinajstić information content (AvgIpc) is 2.41. The van der Waals surface area contributed by atoms with Crippen molar-refractivity contribution < 1.29 is 9.66 Å². The average molecular weight is 265 g/mol. The number of hydrogen-bond acceptors (Lipinski definition) is 5. The maximum Gasteiger partial charge on any atom is 0.272 e. The first-order valence-corrected chi connectivity index (χ1v) is 6.38. The Kier molecular flexibility index (Phi) is 4.47. The van der Waals surface area contributed by atoms with Crippen molar-refractivity contribution in [2.75, 3.05) is 26.2 Å². The standard InChI is InChI=1S/C13H19N3O3/c1-10-11(3-2-4-13(10)16(17)18)8-15-5-6-19-12(7-14)9-15/h2-4,12H,5-9,14H2,1H3. The number of nitrogens with two attached hydrogens (primary N) is 1. The van der Waals surface area contributed by atoms with E-state index in [1.54, 1.807) is 19.1 Å². The summed E-state index contributed by atoms with van der Waals surface area (Å²) in [5, 5.41) is 10.9. The second-order valence-electron chi connectivity index (χ2n) is 4.78. The molecule has 1 saturated heterocycles. The molecule has 19 heavy (non-hydrogen) atoms. The summed E-state index contributed by atoms with van der Waals surface area (Å²) >= 11 is 0. The van der Waals surface area contributed by atoms with Gasteiger partial charge in [-0.05, 0) is 12.5 Å². The van der Waals surface area contributed by atoms with Gasteiger partial charge in [-0.3, -0.25) is 15.0 Å². The SMILES string of the molecule is Cc1c(CN2CCOC(CN)C2)cccc1[N+](=O)[O-]. The number of rotatable bonds is 4. The number of nitrogens with zero attached hydrogens (tertiary/aromatic N) is 2. The van der Waals surface area contributed by atoms with Gasteiger partial charge in [0, 0.05) is 37.8 Å². The molecule has 104 valence electrons. The molecule has 1 aliphatic heterocycles. The quantitative estimate of drug-likeness (QED) is 0.650. The van der Waals surface area contributed by atoms with Crippen molar-refractivity contribution in [3.8, 4) is 0 Å². The maximum absolute atomic E-state index is 10.9. The van der Waals surface area contributed by atoms with Gasteiger partial charge in [0.2, 0.25) is 0 Å². The minimum absolute atomic E-state index is 0.0627. The van der Waals surface area contributed by atoms with Crippen molar-refractivity contribution in [2.45, 2.75) is 19.6 Å². The fourth-order valence-electron chi connectivity index (χ4n) is 2.35. The molecule has 1 atom stereocenters. The molecule has 1 aliphatic rings. The molecule has 1 fully saturated rings. The van der Waals surface area contributed by atoms with Crippen LogP contribution in [0.15, 0.2) is 18.2 Å². The van der Waals surface area contributed by atoms with Gasteiger partial charge in [0.25, 0.3) is 5.69 Å². The van der Waals surface area contributed by atoms with Gasteiger partial charge in [0.15, 0.2) is 0 Å². The maximum atomic E-state index is 10.9. The van der Waals surface area contributed by atoms with E-state index in [4.69, 9.17) is 10.5 Å². The van der Waals surface area contributed by atoms with E-state index in [2.05, 4.69) is 4.90 Å². The van der Waals surface area contributed by atoms with Crippen LogP contribution in [0.4, 0.5) is 5.69 Å². The Morgan fingerprint density at radius 3 is 3.05 bits per heavy atom. The molecule has 0 spiro atoms. The Labute approximate surface area is 112 Å². The smallest absolute Gasteiger partial charge is 0.272 e. The van der Waals surface area contributed by atoms with Crippen LogP contribution in [0, 0.1) is 17.0 Å². The van der Waals surface area contributed by atoms with Gasteiger partial charge < -0.3 is 10.5 Å². The number of nitro benzene ring substituents is 1. The Bertz CT molecular complexity index is 464. The number of benzene rings is 1. The van der Waals surface area contributed by atoms with Crippen LogP contribution in [-0.2, 0) is 11.3 Å². The highest BCUT2D eigenvalue weighted by atomic mass is 16.6. The second kappa shape index (κ2) is 6.10. The third kappa shape index (κ3) is 3.28. The second-order valence-corrected chi connectivity index (χ2v) is 4.78. The normalized spacial score (nSPS) is 20.4. The van der Waals surface area contributed by atoms with Crippen molar-refractivity contribution in [1.82, 2.24) is 4.90 Å². The number of morpholine rings is 1. The zero-order valence-electron chi connectivity index (χ0n) is 11.0. The van der Waals surface area contributed by atoms with Gasteiger partial charge >= 0.3 is 0 Å². The van der Waals surface area contributed by atoms with Crippen molar-refractivity contribution in [1.29, 1.82) is 0 Å². The summed E-state index contributed by atoms with van der Waals surface area (Å²) in [4.78, 5) is 12.8. The Balaban J connectivity index is 2.10. The van der Waals surface area contributed by atoms with E-state index in [1.807, 2.05) is 6.07 Å².